The Kier molecular flexibility index (Phi) is 4.48. The Hall–Kier alpha value is -1.81. The fraction of sp³-hybridized carbons (Fsp3) is 0.412. The summed E-state index contributed by atoms with van der Waals surface area (Å²) >= 11 is 6.17. The number of aryl methyl sites for hydroxylation is 1. The van der Waals surface area contributed by atoms with Gasteiger partial charge in [0.2, 0.25) is 0 Å². The second-order valence-electron chi connectivity index (χ2n) is 6.02. The van der Waals surface area contributed by atoms with Gasteiger partial charge in [-0.15, -0.1) is 0 Å². The van der Waals surface area contributed by atoms with Crippen LogP contribution in [0.4, 0.5) is 17.3 Å². The predicted octanol–water partition coefficient (Wildman–Crippen LogP) is 4.42. The Morgan fingerprint density at radius 1 is 1.18 bits per heavy atom. The molecular weight excluding hydrogens is 296 g/mol. The molecule has 1 fully saturated rings. The van der Waals surface area contributed by atoms with Gasteiger partial charge in [-0.3, -0.25) is 0 Å². The van der Waals surface area contributed by atoms with Crippen LogP contribution in [-0.2, 0) is 0 Å². The SMILES string of the molecule is Cc1ccc(Nc2cc(N3CCC(C)CC3)ncn2)cc1Cl. The molecule has 2 aromatic rings. The smallest absolute Gasteiger partial charge is 0.135 e. The molecule has 4 nitrogen and oxygen atoms in total. The summed E-state index contributed by atoms with van der Waals surface area (Å²) in [5.74, 6) is 2.59. The van der Waals surface area contributed by atoms with Crippen molar-refractivity contribution in [1.29, 1.82) is 0 Å². The van der Waals surface area contributed by atoms with Crippen molar-refractivity contribution in [2.75, 3.05) is 23.3 Å². The molecule has 1 aromatic heterocycles. The number of hydrogen-bond donors (Lipinski definition) is 1. The van der Waals surface area contributed by atoms with Crippen LogP contribution in [0.2, 0.25) is 5.02 Å². The van der Waals surface area contributed by atoms with E-state index in [9.17, 15) is 0 Å². The molecule has 0 bridgehead atoms. The normalized spacial score (nSPS) is 15.9. The monoisotopic (exact) mass is 316 g/mol. The van der Waals surface area contributed by atoms with Gasteiger partial charge in [0.25, 0.3) is 0 Å². The van der Waals surface area contributed by atoms with Gasteiger partial charge in [-0.25, -0.2) is 9.97 Å². The Morgan fingerprint density at radius 2 is 1.95 bits per heavy atom. The van der Waals surface area contributed by atoms with Crippen molar-refractivity contribution in [1.82, 2.24) is 9.97 Å². The molecule has 5 heteroatoms. The van der Waals surface area contributed by atoms with E-state index >= 15 is 0 Å². The predicted molar refractivity (Wildman–Crippen MR) is 92.1 cm³/mol. The van der Waals surface area contributed by atoms with Crippen LogP contribution in [0.25, 0.3) is 0 Å². The van der Waals surface area contributed by atoms with E-state index in [0.717, 1.165) is 46.9 Å². The molecule has 3 rings (SSSR count). The number of aromatic nitrogens is 2. The second-order valence-corrected chi connectivity index (χ2v) is 6.43. The largest absolute Gasteiger partial charge is 0.356 e. The van der Waals surface area contributed by atoms with Crippen LogP contribution >= 0.6 is 11.6 Å². The molecule has 1 N–H and O–H groups in total. The molecule has 0 spiro atoms. The third kappa shape index (κ3) is 3.50. The van der Waals surface area contributed by atoms with Gasteiger partial charge in [-0.2, -0.15) is 0 Å². The minimum Gasteiger partial charge on any atom is -0.356 e. The van der Waals surface area contributed by atoms with Crippen LogP contribution in [0.3, 0.4) is 0 Å². The van der Waals surface area contributed by atoms with Gasteiger partial charge in [0.05, 0.1) is 0 Å². The lowest BCUT2D eigenvalue weighted by Gasteiger charge is -2.31. The first kappa shape index (κ1) is 15.1. The molecule has 0 radical (unpaired) electrons. The molecule has 1 aliphatic heterocycles. The molecule has 1 saturated heterocycles. The highest BCUT2D eigenvalue weighted by atomic mass is 35.5. The topological polar surface area (TPSA) is 41.0 Å². The van der Waals surface area contributed by atoms with Crippen molar-refractivity contribution >= 4 is 28.9 Å². The molecule has 1 aromatic carbocycles. The number of halogens is 1. The number of nitrogens with one attached hydrogen (secondary N) is 1. The van der Waals surface area contributed by atoms with E-state index in [4.69, 9.17) is 11.6 Å². The number of anilines is 3. The van der Waals surface area contributed by atoms with Crippen molar-refractivity contribution in [3.63, 3.8) is 0 Å². The first-order valence-corrected chi connectivity index (χ1v) is 8.10. The van der Waals surface area contributed by atoms with E-state index in [1.54, 1.807) is 6.33 Å². The molecule has 116 valence electrons. The van der Waals surface area contributed by atoms with Gasteiger partial charge in [0, 0.05) is 29.9 Å². The lowest BCUT2D eigenvalue weighted by Crippen LogP contribution is -2.33. The van der Waals surface area contributed by atoms with Gasteiger partial charge in [0.15, 0.2) is 0 Å². The minimum atomic E-state index is 0.754. The third-order valence-corrected chi connectivity index (χ3v) is 4.61. The maximum Gasteiger partial charge on any atom is 0.135 e. The van der Waals surface area contributed by atoms with Crippen LogP contribution in [-0.4, -0.2) is 23.1 Å². The molecule has 0 amide bonds. The standard InChI is InChI=1S/C17H21ClN4/c1-12-5-7-22(8-6-12)17-10-16(19-11-20-17)21-14-4-3-13(2)15(18)9-14/h3-4,9-12H,5-8H2,1-2H3,(H,19,20,21). The maximum absolute atomic E-state index is 6.17. The van der Waals surface area contributed by atoms with Gasteiger partial charge in [-0.05, 0) is 43.4 Å². The van der Waals surface area contributed by atoms with Crippen LogP contribution in [0.1, 0.15) is 25.3 Å². The summed E-state index contributed by atoms with van der Waals surface area (Å²) in [6.07, 6.45) is 4.06. The number of benzene rings is 1. The quantitative estimate of drug-likeness (QED) is 0.910. The molecule has 1 aliphatic rings. The van der Waals surface area contributed by atoms with Gasteiger partial charge < -0.3 is 10.2 Å². The zero-order valence-electron chi connectivity index (χ0n) is 13.0. The van der Waals surface area contributed by atoms with Crippen molar-refractivity contribution in [3.05, 3.63) is 41.2 Å². The summed E-state index contributed by atoms with van der Waals surface area (Å²) < 4.78 is 0. The van der Waals surface area contributed by atoms with E-state index in [2.05, 4.69) is 27.1 Å². The van der Waals surface area contributed by atoms with E-state index in [1.165, 1.54) is 12.8 Å². The Bertz CT molecular complexity index is 651. The maximum atomic E-state index is 6.17. The number of piperidine rings is 1. The summed E-state index contributed by atoms with van der Waals surface area (Å²) in [6, 6.07) is 7.93. The molecule has 0 saturated carbocycles. The van der Waals surface area contributed by atoms with E-state index in [1.807, 2.05) is 31.2 Å². The second kappa shape index (κ2) is 6.53. The molecule has 2 heterocycles. The van der Waals surface area contributed by atoms with Gasteiger partial charge in [-0.1, -0.05) is 24.6 Å². The van der Waals surface area contributed by atoms with E-state index in [0.29, 0.717) is 0 Å². The first-order valence-electron chi connectivity index (χ1n) is 7.72. The number of rotatable bonds is 3. The summed E-state index contributed by atoms with van der Waals surface area (Å²) in [4.78, 5) is 11.0. The zero-order chi connectivity index (χ0) is 15.5. The average Bonchev–Trinajstić information content (AvgIpc) is 2.52. The average molecular weight is 317 g/mol. The highest BCUT2D eigenvalue weighted by molar-refractivity contribution is 6.31. The molecule has 0 atom stereocenters. The van der Waals surface area contributed by atoms with Gasteiger partial charge in [0.1, 0.15) is 18.0 Å². The van der Waals surface area contributed by atoms with Crippen molar-refractivity contribution in [2.24, 2.45) is 5.92 Å². The Labute approximate surface area is 136 Å². The first-order chi connectivity index (χ1) is 10.6. The number of nitrogens with zero attached hydrogens (tertiary/aromatic N) is 3. The van der Waals surface area contributed by atoms with Crippen LogP contribution in [0, 0.1) is 12.8 Å². The summed E-state index contributed by atoms with van der Waals surface area (Å²) in [5.41, 5.74) is 2.01. The fourth-order valence-electron chi connectivity index (χ4n) is 2.64. The van der Waals surface area contributed by atoms with Crippen LogP contribution in [0.15, 0.2) is 30.6 Å². The van der Waals surface area contributed by atoms with Crippen LogP contribution < -0.4 is 10.2 Å². The van der Waals surface area contributed by atoms with Crippen molar-refractivity contribution in [2.45, 2.75) is 26.7 Å². The molecule has 0 aliphatic carbocycles. The molecular formula is C17H21ClN4. The van der Waals surface area contributed by atoms with Crippen molar-refractivity contribution in [3.8, 4) is 0 Å². The minimum absolute atomic E-state index is 0.754. The highest BCUT2D eigenvalue weighted by Gasteiger charge is 2.17. The van der Waals surface area contributed by atoms with E-state index in [-0.39, 0.29) is 0 Å². The van der Waals surface area contributed by atoms with Gasteiger partial charge >= 0.3 is 0 Å². The summed E-state index contributed by atoms with van der Waals surface area (Å²) in [5, 5.41) is 4.05. The van der Waals surface area contributed by atoms with Crippen molar-refractivity contribution < 1.29 is 0 Å². The summed E-state index contributed by atoms with van der Waals surface area (Å²) in [6.45, 7) is 6.43. The Morgan fingerprint density at radius 3 is 2.68 bits per heavy atom. The van der Waals surface area contributed by atoms with E-state index < -0.39 is 0 Å². The zero-order valence-corrected chi connectivity index (χ0v) is 13.8. The number of hydrogen-bond acceptors (Lipinski definition) is 4. The summed E-state index contributed by atoms with van der Waals surface area (Å²) in [7, 11) is 0. The highest BCUT2D eigenvalue weighted by Crippen LogP contribution is 2.25. The molecule has 0 unspecified atom stereocenters. The van der Waals surface area contributed by atoms with Crippen LogP contribution in [0.5, 0.6) is 0 Å². The molecule has 22 heavy (non-hydrogen) atoms. The lowest BCUT2D eigenvalue weighted by atomic mass is 9.99. The fourth-order valence-corrected chi connectivity index (χ4v) is 2.83. The lowest BCUT2D eigenvalue weighted by molar-refractivity contribution is 0.436. The third-order valence-electron chi connectivity index (χ3n) is 4.20. The Balaban J connectivity index is 1.74.